The van der Waals surface area contributed by atoms with Gasteiger partial charge in [0.15, 0.2) is 0 Å². The first-order valence-corrected chi connectivity index (χ1v) is 7.20. The Morgan fingerprint density at radius 1 is 1.30 bits per heavy atom. The number of nitriles is 1. The summed E-state index contributed by atoms with van der Waals surface area (Å²) < 4.78 is 0. The maximum Gasteiger partial charge on any atom is 0.320 e. The predicted octanol–water partition coefficient (Wildman–Crippen LogP) is 2.99. The second kappa shape index (κ2) is 6.95. The minimum absolute atomic E-state index is 0.0919. The number of amides is 2. The van der Waals surface area contributed by atoms with E-state index in [9.17, 15) is 4.79 Å². The zero-order valence-electron chi connectivity index (χ0n) is 12.0. The van der Waals surface area contributed by atoms with Gasteiger partial charge in [-0.3, -0.25) is 0 Å². The summed E-state index contributed by atoms with van der Waals surface area (Å²) in [4.78, 5) is 16.1. The van der Waals surface area contributed by atoms with E-state index in [4.69, 9.17) is 5.26 Å². The van der Waals surface area contributed by atoms with E-state index in [1.807, 2.05) is 30.1 Å². The molecule has 1 aliphatic heterocycles. The van der Waals surface area contributed by atoms with Crippen molar-refractivity contribution in [3.63, 3.8) is 0 Å². The maximum atomic E-state index is 12.4. The van der Waals surface area contributed by atoms with Crippen molar-refractivity contribution < 1.29 is 4.79 Å². The molecule has 0 saturated carbocycles. The highest BCUT2D eigenvalue weighted by Crippen LogP contribution is 2.13. The van der Waals surface area contributed by atoms with Gasteiger partial charge in [-0.1, -0.05) is 25.0 Å². The van der Waals surface area contributed by atoms with Crippen molar-refractivity contribution in [1.29, 1.82) is 5.26 Å². The molecule has 2 amide bonds. The minimum atomic E-state index is 0.0919. The molecule has 0 unspecified atom stereocenters. The zero-order chi connectivity index (χ0) is 14.4. The standard InChI is InChI=1S/C16H21N3O/c1-18(13-15-8-6-7-14(11-15)12-17)16(20)19-9-4-2-3-5-10-19/h6-8,11H,2-5,9-10,13H2,1H3. The van der Waals surface area contributed by atoms with Gasteiger partial charge in [0.25, 0.3) is 0 Å². The Morgan fingerprint density at radius 2 is 2.00 bits per heavy atom. The Labute approximate surface area is 120 Å². The van der Waals surface area contributed by atoms with Crippen LogP contribution >= 0.6 is 0 Å². The van der Waals surface area contributed by atoms with E-state index in [1.165, 1.54) is 12.8 Å². The number of likely N-dealkylation sites (tertiary alicyclic amines) is 1. The highest BCUT2D eigenvalue weighted by molar-refractivity contribution is 5.74. The van der Waals surface area contributed by atoms with Gasteiger partial charge in [0, 0.05) is 26.7 Å². The van der Waals surface area contributed by atoms with Crippen LogP contribution in [0.5, 0.6) is 0 Å². The fourth-order valence-electron chi connectivity index (χ4n) is 2.58. The van der Waals surface area contributed by atoms with Crippen molar-refractivity contribution in [2.75, 3.05) is 20.1 Å². The second-order valence-electron chi connectivity index (χ2n) is 5.35. The molecule has 4 heteroatoms. The fraction of sp³-hybridized carbons (Fsp3) is 0.500. The Morgan fingerprint density at radius 3 is 2.65 bits per heavy atom. The first kappa shape index (κ1) is 14.4. The summed E-state index contributed by atoms with van der Waals surface area (Å²) in [7, 11) is 1.83. The van der Waals surface area contributed by atoms with Crippen molar-refractivity contribution in [2.45, 2.75) is 32.2 Å². The number of nitrogens with zero attached hydrogens (tertiary/aromatic N) is 3. The molecule has 1 aromatic rings. The molecule has 0 aromatic heterocycles. The van der Waals surface area contributed by atoms with E-state index < -0.39 is 0 Å². The van der Waals surface area contributed by atoms with E-state index >= 15 is 0 Å². The molecular weight excluding hydrogens is 250 g/mol. The van der Waals surface area contributed by atoms with Crippen LogP contribution in [0, 0.1) is 11.3 Å². The number of urea groups is 1. The highest BCUT2D eigenvalue weighted by Gasteiger charge is 2.19. The van der Waals surface area contributed by atoms with E-state index in [0.29, 0.717) is 12.1 Å². The van der Waals surface area contributed by atoms with Gasteiger partial charge in [0.1, 0.15) is 0 Å². The minimum Gasteiger partial charge on any atom is -0.325 e. The van der Waals surface area contributed by atoms with E-state index in [0.717, 1.165) is 31.5 Å². The maximum absolute atomic E-state index is 12.4. The third-order valence-corrected chi connectivity index (χ3v) is 3.68. The van der Waals surface area contributed by atoms with Gasteiger partial charge in [-0.15, -0.1) is 0 Å². The molecule has 0 aliphatic carbocycles. The lowest BCUT2D eigenvalue weighted by molar-refractivity contribution is 0.162. The van der Waals surface area contributed by atoms with Gasteiger partial charge >= 0.3 is 6.03 Å². The van der Waals surface area contributed by atoms with Crippen molar-refractivity contribution >= 4 is 6.03 Å². The van der Waals surface area contributed by atoms with Gasteiger partial charge in [0.2, 0.25) is 0 Å². The van der Waals surface area contributed by atoms with Crippen molar-refractivity contribution in [3.8, 4) is 6.07 Å². The Hall–Kier alpha value is -2.02. The summed E-state index contributed by atoms with van der Waals surface area (Å²) in [6.45, 7) is 2.27. The predicted molar refractivity (Wildman–Crippen MR) is 78.1 cm³/mol. The molecule has 2 rings (SSSR count). The third kappa shape index (κ3) is 3.74. The van der Waals surface area contributed by atoms with Crippen molar-refractivity contribution in [3.05, 3.63) is 35.4 Å². The van der Waals surface area contributed by atoms with Crippen LogP contribution in [0.1, 0.15) is 36.8 Å². The Bertz CT molecular complexity index is 499. The van der Waals surface area contributed by atoms with Crippen LogP contribution in [-0.4, -0.2) is 36.0 Å². The molecule has 1 saturated heterocycles. The number of rotatable bonds is 2. The molecule has 106 valence electrons. The quantitative estimate of drug-likeness (QED) is 0.830. The summed E-state index contributed by atoms with van der Waals surface area (Å²) in [5.74, 6) is 0. The number of carbonyl (C=O) groups excluding carboxylic acids is 1. The molecule has 1 aliphatic rings. The summed E-state index contributed by atoms with van der Waals surface area (Å²) in [5, 5.41) is 8.90. The van der Waals surface area contributed by atoms with Crippen molar-refractivity contribution in [2.24, 2.45) is 0 Å². The van der Waals surface area contributed by atoms with Gasteiger partial charge in [-0.25, -0.2) is 4.79 Å². The van der Waals surface area contributed by atoms with Gasteiger partial charge in [-0.2, -0.15) is 5.26 Å². The molecular formula is C16H21N3O. The van der Waals surface area contributed by atoms with Crippen LogP contribution in [0.15, 0.2) is 24.3 Å². The van der Waals surface area contributed by atoms with Crippen LogP contribution in [0.2, 0.25) is 0 Å². The number of carbonyl (C=O) groups is 1. The molecule has 1 fully saturated rings. The summed E-state index contributed by atoms with van der Waals surface area (Å²) in [6, 6.07) is 9.65. The van der Waals surface area contributed by atoms with Gasteiger partial charge < -0.3 is 9.80 Å². The Kier molecular flexibility index (Phi) is 5.00. The van der Waals surface area contributed by atoms with Gasteiger partial charge in [0.05, 0.1) is 11.6 Å². The number of hydrogen-bond donors (Lipinski definition) is 0. The normalized spacial score (nSPS) is 15.3. The molecule has 4 nitrogen and oxygen atoms in total. The molecule has 1 aromatic carbocycles. The largest absolute Gasteiger partial charge is 0.325 e. The average molecular weight is 271 g/mol. The molecule has 1 heterocycles. The van der Waals surface area contributed by atoms with Gasteiger partial charge in [-0.05, 0) is 30.5 Å². The Balaban J connectivity index is 1.97. The van der Waals surface area contributed by atoms with Crippen LogP contribution < -0.4 is 0 Å². The molecule has 0 radical (unpaired) electrons. The lowest BCUT2D eigenvalue weighted by atomic mass is 10.1. The average Bonchev–Trinajstić information content (AvgIpc) is 2.75. The number of benzene rings is 1. The highest BCUT2D eigenvalue weighted by atomic mass is 16.2. The third-order valence-electron chi connectivity index (χ3n) is 3.68. The van der Waals surface area contributed by atoms with E-state index in [2.05, 4.69) is 6.07 Å². The summed E-state index contributed by atoms with van der Waals surface area (Å²) >= 11 is 0. The second-order valence-corrected chi connectivity index (χ2v) is 5.35. The molecule has 0 atom stereocenters. The van der Waals surface area contributed by atoms with E-state index in [-0.39, 0.29) is 6.03 Å². The monoisotopic (exact) mass is 271 g/mol. The summed E-state index contributed by atoms with van der Waals surface area (Å²) in [5.41, 5.74) is 1.63. The topological polar surface area (TPSA) is 47.3 Å². The number of hydrogen-bond acceptors (Lipinski definition) is 2. The molecule has 0 N–H and O–H groups in total. The van der Waals surface area contributed by atoms with Crippen LogP contribution in [0.3, 0.4) is 0 Å². The molecule has 0 bridgehead atoms. The van der Waals surface area contributed by atoms with Crippen molar-refractivity contribution in [1.82, 2.24) is 9.80 Å². The van der Waals surface area contributed by atoms with Crippen LogP contribution in [0.4, 0.5) is 4.79 Å². The lowest BCUT2D eigenvalue weighted by Gasteiger charge is -2.27. The lowest BCUT2D eigenvalue weighted by Crippen LogP contribution is -2.41. The fourth-order valence-corrected chi connectivity index (χ4v) is 2.58. The van der Waals surface area contributed by atoms with Crippen LogP contribution in [0.25, 0.3) is 0 Å². The first-order valence-electron chi connectivity index (χ1n) is 7.20. The van der Waals surface area contributed by atoms with E-state index in [1.54, 1.807) is 11.0 Å². The SMILES string of the molecule is CN(Cc1cccc(C#N)c1)C(=O)N1CCCCCC1. The summed E-state index contributed by atoms with van der Waals surface area (Å²) in [6.07, 6.45) is 4.64. The molecule has 20 heavy (non-hydrogen) atoms. The smallest absolute Gasteiger partial charge is 0.320 e. The first-order chi connectivity index (χ1) is 9.70. The molecule has 0 spiro atoms. The zero-order valence-corrected chi connectivity index (χ0v) is 12.0. The van der Waals surface area contributed by atoms with Crippen LogP contribution in [-0.2, 0) is 6.54 Å².